The van der Waals surface area contributed by atoms with E-state index in [9.17, 15) is 4.79 Å². The summed E-state index contributed by atoms with van der Waals surface area (Å²) in [6.07, 6.45) is 2.78. The molecule has 0 saturated heterocycles. The van der Waals surface area contributed by atoms with E-state index in [-0.39, 0.29) is 5.97 Å². The van der Waals surface area contributed by atoms with Crippen LogP contribution in [0.2, 0.25) is 0 Å². The molecule has 0 N–H and O–H groups in total. The van der Waals surface area contributed by atoms with Gasteiger partial charge in [-0.25, -0.2) is 4.79 Å². The maximum atomic E-state index is 11.5. The number of hydrogen-bond donors (Lipinski definition) is 0. The van der Waals surface area contributed by atoms with E-state index in [2.05, 4.69) is 29.5 Å². The van der Waals surface area contributed by atoms with Crippen molar-refractivity contribution in [2.75, 3.05) is 13.2 Å². The van der Waals surface area contributed by atoms with E-state index in [0.29, 0.717) is 18.8 Å². The van der Waals surface area contributed by atoms with Crippen LogP contribution < -0.4 is 4.74 Å². The molecular weight excluding hydrogens is 355 g/mol. The van der Waals surface area contributed by atoms with Crippen LogP contribution in [0.3, 0.4) is 0 Å². The maximum Gasteiger partial charge on any atom is 0.333 e. The lowest BCUT2D eigenvalue weighted by molar-refractivity contribution is -0.138. The van der Waals surface area contributed by atoms with Gasteiger partial charge in [0.1, 0.15) is 5.75 Å². The van der Waals surface area contributed by atoms with Crippen LogP contribution in [-0.4, -0.2) is 19.2 Å². The minimum absolute atomic E-state index is 0.280. The van der Waals surface area contributed by atoms with Crippen molar-refractivity contribution in [3.8, 4) is 5.75 Å². The van der Waals surface area contributed by atoms with Crippen molar-refractivity contribution in [3.05, 3.63) is 32.9 Å². The highest BCUT2D eigenvalue weighted by Gasteiger charge is 2.06. The molecule has 0 atom stereocenters. The Balaban J connectivity index is 2.89. The summed E-state index contributed by atoms with van der Waals surface area (Å²) in [4.78, 5) is 11.5. The normalized spacial score (nSPS) is 11.3. The zero-order valence-electron chi connectivity index (χ0n) is 11.5. The number of benzene rings is 1. The predicted octanol–water partition coefficient (Wildman–Crippen LogP) is 4.05. The summed E-state index contributed by atoms with van der Waals surface area (Å²) in [7, 11) is 0. The lowest BCUT2D eigenvalue weighted by Gasteiger charge is -2.08. The summed E-state index contributed by atoms with van der Waals surface area (Å²) >= 11 is 2.24. The van der Waals surface area contributed by atoms with E-state index in [1.54, 1.807) is 13.8 Å². The van der Waals surface area contributed by atoms with Crippen LogP contribution in [0.1, 0.15) is 32.8 Å². The Labute approximate surface area is 128 Å². The van der Waals surface area contributed by atoms with Gasteiger partial charge < -0.3 is 9.47 Å². The molecule has 1 rings (SSSR count). The molecule has 0 heterocycles. The molecule has 104 valence electrons. The zero-order valence-corrected chi connectivity index (χ0v) is 13.7. The fourth-order valence-corrected chi connectivity index (χ4v) is 1.98. The van der Waals surface area contributed by atoms with Gasteiger partial charge in [-0.05, 0) is 66.6 Å². The number of ether oxygens (including phenoxy) is 2. The van der Waals surface area contributed by atoms with Crippen molar-refractivity contribution >= 4 is 34.6 Å². The third kappa shape index (κ3) is 5.22. The van der Waals surface area contributed by atoms with Gasteiger partial charge >= 0.3 is 5.97 Å². The first-order chi connectivity index (χ1) is 9.08. The standard InChI is InChI=1S/C15H19IO3/c1-4-8-19-14-10-12(6-7-13(14)16)9-11(3)15(17)18-5-2/h6-7,9-10H,4-5,8H2,1-3H3/b11-9+. The van der Waals surface area contributed by atoms with Crippen LogP contribution >= 0.6 is 22.6 Å². The van der Waals surface area contributed by atoms with E-state index in [0.717, 1.165) is 21.3 Å². The lowest BCUT2D eigenvalue weighted by atomic mass is 10.1. The number of hydrogen-bond acceptors (Lipinski definition) is 3. The number of carbonyl (C=O) groups excluding carboxylic acids is 1. The average molecular weight is 374 g/mol. The molecule has 0 amide bonds. The fourth-order valence-electron chi connectivity index (χ4n) is 1.49. The van der Waals surface area contributed by atoms with Crippen molar-refractivity contribution in [2.45, 2.75) is 27.2 Å². The van der Waals surface area contributed by atoms with Gasteiger partial charge in [0.25, 0.3) is 0 Å². The predicted molar refractivity (Wildman–Crippen MR) is 85.2 cm³/mol. The number of halogens is 1. The molecule has 0 aromatic heterocycles. The van der Waals surface area contributed by atoms with Gasteiger partial charge in [-0.15, -0.1) is 0 Å². The van der Waals surface area contributed by atoms with E-state index < -0.39 is 0 Å². The van der Waals surface area contributed by atoms with Gasteiger partial charge in [0.15, 0.2) is 0 Å². The second-order valence-corrected chi connectivity index (χ2v) is 5.25. The lowest BCUT2D eigenvalue weighted by Crippen LogP contribution is -2.04. The van der Waals surface area contributed by atoms with Crippen LogP contribution in [0.25, 0.3) is 6.08 Å². The molecule has 0 saturated carbocycles. The third-order valence-electron chi connectivity index (χ3n) is 2.40. The molecule has 0 radical (unpaired) electrons. The van der Waals surface area contributed by atoms with Crippen molar-refractivity contribution < 1.29 is 14.3 Å². The molecule has 0 aliphatic carbocycles. The van der Waals surface area contributed by atoms with Crippen LogP contribution in [0.5, 0.6) is 5.75 Å². The molecule has 1 aromatic carbocycles. The second-order valence-electron chi connectivity index (χ2n) is 4.09. The first-order valence-corrected chi connectivity index (χ1v) is 7.44. The van der Waals surface area contributed by atoms with Gasteiger partial charge in [0.2, 0.25) is 0 Å². The highest BCUT2D eigenvalue weighted by Crippen LogP contribution is 2.24. The summed E-state index contributed by atoms with van der Waals surface area (Å²) in [5, 5.41) is 0. The van der Waals surface area contributed by atoms with Gasteiger partial charge in [-0.2, -0.15) is 0 Å². The molecular formula is C15H19IO3. The fraction of sp³-hybridized carbons (Fsp3) is 0.400. The number of esters is 1. The summed E-state index contributed by atoms with van der Waals surface area (Å²) in [6, 6.07) is 5.89. The minimum atomic E-state index is -0.280. The van der Waals surface area contributed by atoms with Crippen LogP contribution in [-0.2, 0) is 9.53 Å². The molecule has 0 fully saturated rings. The van der Waals surface area contributed by atoms with Gasteiger partial charge in [-0.1, -0.05) is 13.0 Å². The Hall–Kier alpha value is -1.04. The zero-order chi connectivity index (χ0) is 14.3. The third-order valence-corrected chi connectivity index (χ3v) is 3.29. The molecule has 3 nitrogen and oxygen atoms in total. The molecule has 0 bridgehead atoms. The van der Waals surface area contributed by atoms with Crippen LogP contribution in [0, 0.1) is 3.57 Å². The molecule has 1 aromatic rings. The van der Waals surface area contributed by atoms with Crippen molar-refractivity contribution in [1.29, 1.82) is 0 Å². The summed E-state index contributed by atoms with van der Waals surface area (Å²) < 4.78 is 11.7. The number of carbonyl (C=O) groups is 1. The highest BCUT2D eigenvalue weighted by atomic mass is 127. The Kier molecular flexibility index (Phi) is 6.91. The smallest absolute Gasteiger partial charge is 0.333 e. The van der Waals surface area contributed by atoms with Crippen LogP contribution in [0.4, 0.5) is 0 Å². The van der Waals surface area contributed by atoms with Crippen molar-refractivity contribution in [2.24, 2.45) is 0 Å². The Bertz CT molecular complexity index is 466. The molecule has 0 spiro atoms. The summed E-state index contributed by atoms with van der Waals surface area (Å²) in [5.74, 6) is 0.574. The molecule has 4 heteroatoms. The molecule has 0 aliphatic heterocycles. The molecule has 0 aliphatic rings. The Morgan fingerprint density at radius 1 is 1.37 bits per heavy atom. The quantitative estimate of drug-likeness (QED) is 0.428. The average Bonchev–Trinajstić information content (AvgIpc) is 2.39. The first kappa shape index (κ1) is 16.0. The highest BCUT2D eigenvalue weighted by molar-refractivity contribution is 14.1. The maximum absolute atomic E-state index is 11.5. The van der Waals surface area contributed by atoms with Crippen molar-refractivity contribution in [1.82, 2.24) is 0 Å². The van der Waals surface area contributed by atoms with E-state index in [4.69, 9.17) is 9.47 Å². The van der Waals surface area contributed by atoms with Gasteiger partial charge in [0.05, 0.1) is 16.8 Å². The SMILES string of the molecule is CCCOc1cc(/C=C(\C)C(=O)OCC)ccc1I. The second kappa shape index (κ2) is 8.19. The van der Waals surface area contributed by atoms with Crippen LogP contribution in [0.15, 0.2) is 23.8 Å². The largest absolute Gasteiger partial charge is 0.492 e. The monoisotopic (exact) mass is 374 g/mol. The minimum Gasteiger partial charge on any atom is -0.492 e. The van der Waals surface area contributed by atoms with E-state index >= 15 is 0 Å². The van der Waals surface area contributed by atoms with Gasteiger partial charge in [0, 0.05) is 5.57 Å². The number of rotatable bonds is 6. The first-order valence-electron chi connectivity index (χ1n) is 6.36. The summed E-state index contributed by atoms with van der Waals surface area (Å²) in [6.45, 7) is 6.71. The summed E-state index contributed by atoms with van der Waals surface area (Å²) in [5.41, 5.74) is 1.53. The molecule has 19 heavy (non-hydrogen) atoms. The molecule has 0 unspecified atom stereocenters. The Morgan fingerprint density at radius 3 is 2.74 bits per heavy atom. The van der Waals surface area contributed by atoms with Crippen molar-refractivity contribution in [3.63, 3.8) is 0 Å². The Morgan fingerprint density at radius 2 is 2.11 bits per heavy atom. The van der Waals surface area contributed by atoms with Gasteiger partial charge in [-0.3, -0.25) is 0 Å². The van der Waals surface area contributed by atoms with E-state index in [1.165, 1.54) is 0 Å². The van der Waals surface area contributed by atoms with E-state index in [1.807, 2.05) is 24.3 Å². The topological polar surface area (TPSA) is 35.5 Å².